The summed E-state index contributed by atoms with van der Waals surface area (Å²) in [5, 5.41) is 0. The number of hydrogen-bond acceptors (Lipinski definition) is 0. The summed E-state index contributed by atoms with van der Waals surface area (Å²) in [6.07, 6.45) is -3.34. The average molecular weight is 208 g/mol. The van der Waals surface area contributed by atoms with Gasteiger partial charge in [-0.3, -0.25) is 0 Å². The molecule has 0 heterocycles. The Labute approximate surface area is 83.9 Å². The van der Waals surface area contributed by atoms with Crippen molar-refractivity contribution in [1.82, 2.24) is 0 Å². The molecule has 0 spiro atoms. The van der Waals surface area contributed by atoms with E-state index in [1.54, 1.807) is 6.92 Å². The topological polar surface area (TPSA) is 0 Å². The molecule has 0 amide bonds. The van der Waals surface area contributed by atoms with Crippen molar-refractivity contribution < 1.29 is 13.2 Å². The molecule has 1 aliphatic rings. The van der Waals surface area contributed by atoms with E-state index in [-0.39, 0.29) is 11.3 Å². The maximum absolute atomic E-state index is 12.5. The Kier molecular flexibility index (Phi) is 2.45. The Morgan fingerprint density at radius 2 is 1.64 bits per heavy atom. The van der Waals surface area contributed by atoms with Gasteiger partial charge in [0.15, 0.2) is 0 Å². The first-order valence-corrected chi connectivity index (χ1v) is 5.06. The minimum atomic E-state index is -4.05. The number of rotatable bonds is 1. The van der Waals surface area contributed by atoms with E-state index in [4.69, 9.17) is 0 Å². The van der Waals surface area contributed by atoms with Crippen LogP contribution in [0.1, 0.15) is 41.0 Å². The zero-order chi connectivity index (χ0) is 11.4. The molecule has 0 nitrogen and oxygen atoms in total. The van der Waals surface area contributed by atoms with Crippen molar-refractivity contribution in [3.05, 3.63) is 0 Å². The monoisotopic (exact) mass is 208 g/mol. The Morgan fingerprint density at radius 3 is 1.86 bits per heavy atom. The van der Waals surface area contributed by atoms with Crippen molar-refractivity contribution >= 4 is 0 Å². The second kappa shape index (κ2) is 2.89. The molecule has 0 aromatic rings. The minimum absolute atomic E-state index is 0.00569. The highest BCUT2D eigenvalue weighted by atomic mass is 19.4. The fraction of sp³-hybridized carbons (Fsp3) is 1.00. The van der Waals surface area contributed by atoms with Gasteiger partial charge in [-0.05, 0) is 23.2 Å². The maximum Gasteiger partial charge on any atom is 0.392 e. The summed E-state index contributed by atoms with van der Waals surface area (Å²) in [6, 6.07) is 0. The van der Waals surface area contributed by atoms with Crippen LogP contribution in [0, 0.1) is 22.7 Å². The quantitative estimate of drug-likeness (QED) is 0.604. The number of hydrogen-bond donors (Lipinski definition) is 0. The first kappa shape index (κ1) is 11.9. The molecule has 0 saturated heterocycles. The summed E-state index contributed by atoms with van der Waals surface area (Å²) in [5.74, 6) is -0.981. The number of halogens is 3. The van der Waals surface area contributed by atoms with E-state index in [2.05, 4.69) is 0 Å². The largest absolute Gasteiger partial charge is 0.392 e. The van der Waals surface area contributed by atoms with Gasteiger partial charge in [-0.1, -0.05) is 34.6 Å². The Morgan fingerprint density at radius 1 is 1.21 bits per heavy atom. The molecule has 3 unspecified atom stereocenters. The van der Waals surface area contributed by atoms with Crippen LogP contribution in [0.4, 0.5) is 13.2 Å². The van der Waals surface area contributed by atoms with E-state index >= 15 is 0 Å². The Hall–Kier alpha value is -0.210. The summed E-state index contributed by atoms with van der Waals surface area (Å²) in [5.41, 5.74) is -0.537. The van der Waals surface area contributed by atoms with Gasteiger partial charge in [0.25, 0.3) is 0 Å². The molecule has 1 saturated carbocycles. The van der Waals surface area contributed by atoms with Crippen molar-refractivity contribution in [3.63, 3.8) is 0 Å². The molecule has 0 aromatic heterocycles. The number of alkyl halides is 3. The summed E-state index contributed by atoms with van der Waals surface area (Å²) < 4.78 is 37.6. The average Bonchev–Trinajstić information content (AvgIpc) is 2.59. The van der Waals surface area contributed by atoms with E-state index < -0.39 is 17.5 Å². The van der Waals surface area contributed by atoms with Crippen LogP contribution >= 0.6 is 0 Å². The lowest BCUT2D eigenvalue weighted by atomic mass is 9.80. The van der Waals surface area contributed by atoms with Gasteiger partial charge >= 0.3 is 6.18 Å². The van der Waals surface area contributed by atoms with Gasteiger partial charge in [0.05, 0.1) is 5.92 Å². The van der Waals surface area contributed by atoms with Crippen LogP contribution in [0.3, 0.4) is 0 Å². The van der Waals surface area contributed by atoms with Gasteiger partial charge in [-0.2, -0.15) is 13.2 Å². The molecule has 0 N–H and O–H groups in total. The molecule has 0 bridgehead atoms. The molecule has 1 aliphatic carbocycles. The van der Waals surface area contributed by atoms with E-state index in [1.165, 1.54) is 6.92 Å². The van der Waals surface area contributed by atoms with Crippen LogP contribution in [0.2, 0.25) is 0 Å². The third-order valence-electron chi connectivity index (χ3n) is 3.81. The van der Waals surface area contributed by atoms with Crippen molar-refractivity contribution in [2.24, 2.45) is 22.7 Å². The smallest absolute Gasteiger partial charge is 0.171 e. The van der Waals surface area contributed by atoms with Crippen molar-refractivity contribution in [2.75, 3.05) is 0 Å². The van der Waals surface area contributed by atoms with Gasteiger partial charge in [-0.15, -0.1) is 0 Å². The van der Waals surface area contributed by atoms with Crippen LogP contribution in [0.5, 0.6) is 0 Å². The lowest BCUT2D eigenvalue weighted by Crippen LogP contribution is -2.30. The van der Waals surface area contributed by atoms with Crippen molar-refractivity contribution in [2.45, 2.75) is 47.2 Å². The molecule has 0 radical (unpaired) electrons. The van der Waals surface area contributed by atoms with Gasteiger partial charge in [0.2, 0.25) is 0 Å². The van der Waals surface area contributed by atoms with Gasteiger partial charge < -0.3 is 0 Å². The highest BCUT2D eigenvalue weighted by Gasteiger charge is 2.64. The summed E-state index contributed by atoms with van der Waals surface area (Å²) in [4.78, 5) is 0. The van der Waals surface area contributed by atoms with Crippen LogP contribution in [-0.2, 0) is 0 Å². The van der Waals surface area contributed by atoms with Gasteiger partial charge in [0, 0.05) is 0 Å². The summed E-state index contributed by atoms with van der Waals surface area (Å²) in [6.45, 7) is 9.14. The van der Waals surface area contributed by atoms with Crippen LogP contribution < -0.4 is 0 Å². The molecule has 1 rings (SSSR count). The normalized spacial score (nSPS) is 35.6. The highest BCUT2D eigenvalue weighted by Crippen LogP contribution is 2.66. The summed E-state index contributed by atoms with van der Waals surface area (Å²) in [7, 11) is 0. The Bertz CT molecular complexity index is 224. The van der Waals surface area contributed by atoms with E-state index in [9.17, 15) is 13.2 Å². The van der Waals surface area contributed by atoms with Crippen LogP contribution in [0.15, 0.2) is 0 Å². The van der Waals surface area contributed by atoms with Crippen LogP contribution in [0.25, 0.3) is 0 Å². The second-order valence-electron chi connectivity index (χ2n) is 5.89. The fourth-order valence-corrected chi connectivity index (χ4v) is 2.53. The van der Waals surface area contributed by atoms with Crippen molar-refractivity contribution in [1.29, 1.82) is 0 Å². The molecule has 0 aliphatic heterocycles. The van der Waals surface area contributed by atoms with Crippen LogP contribution in [-0.4, -0.2) is 6.18 Å². The zero-order valence-electron chi connectivity index (χ0n) is 9.50. The third-order valence-corrected chi connectivity index (χ3v) is 3.81. The lowest BCUT2D eigenvalue weighted by Gasteiger charge is -2.28. The van der Waals surface area contributed by atoms with E-state index in [1.807, 2.05) is 20.8 Å². The van der Waals surface area contributed by atoms with Crippen molar-refractivity contribution in [3.8, 4) is 0 Å². The lowest BCUT2D eigenvalue weighted by molar-refractivity contribution is -0.188. The van der Waals surface area contributed by atoms with E-state index in [0.29, 0.717) is 6.42 Å². The molecule has 14 heavy (non-hydrogen) atoms. The maximum atomic E-state index is 12.5. The van der Waals surface area contributed by atoms with Gasteiger partial charge in [0.1, 0.15) is 0 Å². The Balaban J connectivity index is 2.74. The molecular formula is C11H19F3. The SMILES string of the molecule is CC(C(F)(F)F)C1(C)CC1C(C)(C)C. The highest BCUT2D eigenvalue weighted by molar-refractivity contribution is 5.07. The van der Waals surface area contributed by atoms with E-state index in [0.717, 1.165) is 0 Å². The molecule has 3 heteroatoms. The zero-order valence-corrected chi connectivity index (χ0v) is 9.50. The molecule has 84 valence electrons. The molecule has 1 fully saturated rings. The second-order valence-corrected chi connectivity index (χ2v) is 5.89. The first-order chi connectivity index (χ1) is 5.99. The predicted octanol–water partition coefficient (Wildman–Crippen LogP) is 4.26. The molecular weight excluding hydrogens is 189 g/mol. The first-order valence-electron chi connectivity index (χ1n) is 5.06. The minimum Gasteiger partial charge on any atom is -0.171 e. The molecule has 0 aromatic carbocycles. The predicted molar refractivity (Wildman–Crippen MR) is 50.9 cm³/mol. The fourth-order valence-electron chi connectivity index (χ4n) is 2.53. The molecule has 3 atom stereocenters. The standard InChI is InChI=1S/C11H19F3/c1-7(11(12,13)14)10(5)6-8(10)9(2,3)4/h7-8H,6H2,1-5H3. The van der Waals surface area contributed by atoms with Gasteiger partial charge in [-0.25, -0.2) is 0 Å². The third kappa shape index (κ3) is 1.91. The summed E-state index contributed by atoms with van der Waals surface area (Å²) >= 11 is 0.